The Bertz CT molecular complexity index is 951. The van der Waals surface area contributed by atoms with Crippen LogP contribution >= 0.6 is 0 Å². The molecule has 126 valence electrons. The summed E-state index contributed by atoms with van der Waals surface area (Å²) in [4.78, 5) is 28.9. The summed E-state index contributed by atoms with van der Waals surface area (Å²) < 4.78 is 1.22. The molecule has 0 saturated heterocycles. The molecule has 2 N–H and O–H groups in total. The lowest BCUT2D eigenvalue weighted by Crippen LogP contribution is -2.29. The topological polar surface area (TPSA) is 84.2 Å². The maximum atomic E-state index is 12.4. The van der Waals surface area contributed by atoms with Crippen LogP contribution in [0.15, 0.2) is 65.5 Å². The van der Waals surface area contributed by atoms with Crippen molar-refractivity contribution in [2.75, 3.05) is 0 Å². The standard InChI is InChI=1S/C19H17N3O3/c1-22-17(14-10-6-3-7-11-14)21-15(16(23)19(22)25)18(24)20-12-13-8-4-2-5-9-13/h2-11,23H,12H2,1H3,(H,20,24). The Morgan fingerprint density at radius 1 is 1.08 bits per heavy atom. The van der Waals surface area contributed by atoms with E-state index in [4.69, 9.17) is 0 Å². The quantitative estimate of drug-likeness (QED) is 0.764. The number of hydrogen-bond acceptors (Lipinski definition) is 4. The van der Waals surface area contributed by atoms with Crippen LogP contribution in [0.2, 0.25) is 0 Å². The molecule has 0 unspecified atom stereocenters. The third-order valence-corrected chi connectivity index (χ3v) is 3.81. The number of carbonyl (C=O) groups excluding carboxylic acids is 1. The Hall–Kier alpha value is -3.41. The van der Waals surface area contributed by atoms with Gasteiger partial charge in [-0.15, -0.1) is 0 Å². The molecule has 25 heavy (non-hydrogen) atoms. The predicted molar refractivity (Wildman–Crippen MR) is 94.2 cm³/mol. The first kappa shape index (κ1) is 16.4. The second-order valence-electron chi connectivity index (χ2n) is 5.53. The average Bonchev–Trinajstić information content (AvgIpc) is 2.66. The second-order valence-corrected chi connectivity index (χ2v) is 5.53. The summed E-state index contributed by atoms with van der Waals surface area (Å²) in [6.07, 6.45) is 0. The molecule has 0 atom stereocenters. The van der Waals surface area contributed by atoms with Crippen molar-refractivity contribution in [3.8, 4) is 17.1 Å². The second kappa shape index (κ2) is 7.00. The Balaban J connectivity index is 1.94. The minimum atomic E-state index is -0.668. The highest BCUT2D eigenvalue weighted by Crippen LogP contribution is 2.18. The van der Waals surface area contributed by atoms with Gasteiger partial charge in [0.2, 0.25) is 5.75 Å². The van der Waals surface area contributed by atoms with Crippen molar-refractivity contribution in [3.05, 3.63) is 82.3 Å². The summed E-state index contributed by atoms with van der Waals surface area (Å²) in [5.74, 6) is -0.947. The number of carbonyl (C=O) groups is 1. The normalized spacial score (nSPS) is 10.4. The van der Waals surface area contributed by atoms with Gasteiger partial charge in [-0.25, -0.2) is 4.98 Å². The molecule has 6 heteroatoms. The Labute approximate surface area is 144 Å². The molecule has 0 aliphatic rings. The van der Waals surface area contributed by atoms with E-state index in [2.05, 4.69) is 10.3 Å². The van der Waals surface area contributed by atoms with Gasteiger partial charge in [0.25, 0.3) is 11.5 Å². The van der Waals surface area contributed by atoms with Gasteiger partial charge in [0.1, 0.15) is 5.82 Å². The molecule has 0 saturated carbocycles. The first-order chi connectivity index (χ1) is 12.1. The maximum Gasteiger partial charge on any atom is 0.296 e. The molecule has 1 amide bonds. The molecule has 1 heterocycles. The number of aromatic nitrogens is 2. The van der Waals surface area contributed by atoms with Crippen molar-refractivity contribution in [1.29, 1.82) is 0 Å². The molecule has 0 spiro atoms. The van der Waals surface area contributed by atoms with Crippen molar-refractivity contribution in [1.82, 2.24) is 14.9 Å². The van der Waals surface area contributed by atoms with Crippen LogP contribution in [0.25, 0.3) is 11.4 Å². The molecule has 3 rings (SSSR count). The Morgan fingerprint density at radius 3 is 2.32 bits per heavy atom. The van der Waals surface area contributed by atoms with Crippen LogP contribution in [0, 0.1) is 0 Å². The SMILES string of the molecule is Cn1c(-c2ccccc2)nc(C(=O)NCc2ccccc2)c(O)c1=O. The van der Waals surface area contributed by atoms with Crippen LogP contribution in [0.3, 0.4) is 0 Å². The van der Waals surface area contributed by atoms with Crippen LogP contribution in [-0.2, 0) is 13.6 Å². The van der Waals surface area contributed by atoms with E-state index in [-0.39, 0.29) is 12.2 Å². The smallest absolute Gasteiger partial charge is 0.296 e. The largest absolute Gasteiger partial charge is 0.501 e. The summed E-state index contributed by atoms with van der Waals surface area (Å²) in [6, 6.07) is 18.4. The third-order valence-electron chi connectivity index (χ3n) is 3.81. The molecule has 0 fully saturated rings. The lowest BCUT2D eigenvalue weighted by molar-refractivity contribution is 0.0942. The van der Waals surface area contributed by atoms with Gasteiger partial charge in [-0.3, -0.25) is 14.2 Å². The van der Waals surface area contributed by atoms with E-state index in [9.17, 15) is 14.7 Å². The van der Waals surface area contributed by atoms with Gasteiger partial charge >= 0.3 is 0 Å². The zero-order chi connectivity index (χ0) is 17.8. The summed E-state index contributed by atoms with van der Waals surface area (Å²) in [5.41, 5.74) is 0.637. The zero-order valence-electron chi connectivity index (χ0n) is 13.6. The molecule has 6 nitrogen and oxygen atoms in total. The van der Waals surface area contributed by atoms with Crippen molar-refractivity contribution < 1.29 is 9.90 Å². The van der Waals surface area contributed by atoms with E-state index in [1.165, 1.54) is 11.6 Å². The van der Waals surface area contributed by atoms with Gasteiger partial charge in [-0.1, -0.05) is 60.7 Å². The molecule has 0 aliphatic heterocycles. The fourth-order valence-electron chi connectivity index (χ4n) is 2.46. The number of hydrogen-bond donors (Lipinski definition) is 2. The van der Waals surface area contributed by atoms with Gasteiger partial charge < -0.3 is 10.4 Å². The fraction of sp³-hybridized carbons (Fsp3) is 0.105. The van der Waals surface area contributed by atoms with Gasteiger partial charge in [0.15, 0.2) is 5.69 Å². The van der Waals surface area contributed by atoms with Crippen LogP contribution in [0.5, 0.6) is 5.75 Å². The minimum Gasteiger partial charge on any atom is -0.501 e. The molecular formula is C19H17N3O3. The van der Waals surface area contributed by atoms with Crippen LogP contribution in [0.1, 0.15) is 16.1 Å². The van der Waals surface area contributed by atoms with Crippen LogP contribution in [-0.4, -0.2) is 20.6 Å². The van der Waals surface area contributed by atoms with E-state index < -0.39 is 17.2 Å². The number of nitrogens with zero attached hydrogens (tertiary/aromatic N) is 2. The van der Waals surface area contributed by atoms with Gasteiger partial charge in [-0.2, -0.15) is 0 Å². The number of benzene rings is 2. The van der Waals surface area contributed by atoms with Crippen molar-refractivity contribution in [3.63, 3.8) is 0 Å². The Morgan fingerprint density at radius 2 is 1.68 bits per heavy atom. The number of aromatic hydroxyl groups is 1. The first-order valence-corrected chi connectivity index (χ1v) is 7.75. The fourth-order valence-corrected chi connectivity index (χ4v) is 2.46. The molecule has 0 bridgehead atoms. The van der Waals surface area contributed by atoms with E-state index in [1.807, 2.05) is 48.5 Å². The maximum absolute atomic E-state index is 12.4. The molecule has 2 aromatic carbocycles. The van der Waals surface area contributed by atoms with Crippen molar-refractivity contribution in [2.24, 2.45) is 7.05 Å². The molecule has 1 aromatic heterocycles. The first-order valence-electron chi connectivity index (χ1n) is 7.75. The highest BCUT2D eigenvalue weighted by atomic mass is 16.3. The molecule has 0 aliphatic carbocycles. The number of amides is 1. The molecular weight excluding hydrogens is 318 g/mol. The molecule has 3 aromatic rings. The average molecular weight is 335 g/mol. The number of rotatable bonds is 4. The minimum absolute atomic E-state index is 0.274. The number of nitrogens with one attached hydrogen (secondary N) is 1. The van der Waals surface area contributed by atoms with Crippen molar-refractivity contribution in [2.45, 2.75) is 6.54 Å². The van der Waals surface area contributed by atoms with Crippen molar-refractivity contribution >= 4 is 5.91 Å². The van der Waals surface area contributed by atoms with E-state index >= 15 is 0 Å². The van der Waals surface area contributed by atoms with Gasteiger partial charge in [0, 0.05) is 19.2 Å². The van der Waals surface area contributed by atoms with Gasteiger partial charge in [-0.05, 0) is 5.56 Å². The van der Waals surface area contributed by atoms with Gasteiger partial charge in [0.05, 0.1) is 0 Å². The van der Waals surface area contributed by atoms with Crippen LogP contribution in [0.4, 0.5) is 0 Å². The lowest BCUT2D eigenvalue weighted by atomic mass is 10.2. The third kappa shape index (κ3) is 3.42. The summed E-state index contributed by atoms with van der Waals surface area (Å²) >= 11 is 0. The molecule has 0 radical (unpaired) electrons. The van der Waals surface area contributed by atoms with E-state index in [0.29, 0.717) is 11.4 Å². The summed E-state index contributed by atoms with van der Waals surface area (Å²) in [6.45, 7) is 0.274. The van der Waals surface area contributed by atoms with E-state index in [0.717, 1.165) is 5.56 Å². The Kier molecular flexibility index (Phi) is 4.61. The monoisotopic (exact) mass is 335 g/mol. The van der Waals surface area contributed by atoms with E-state index in [1.54, 1.807) is 12.1 Å². The highest BCUT2D eigenvalue weighted by Gasteiger charge is 2.20. The lowest BCUT2D eigenvalue weighted by Gasteiger charge is -2.11. The predicted octanol–water partition coefficient (Wildman–Crippen LogP) is 2.08. The van der Waals surface area contributed by atoms with Crippen LogP contribution < -0.4 is 10.9 Å². The summed E-state index contributed by atoms with van der Waals surface area (Å²) in [5, 5.41) is 12.7. The highest BCUT2D eigenvalue weighted by molar-refractivity contribution is 5.95. The summed E-state index contributed by atoms with van der Waals surface area (Å²) in [7, 11) is 1.50. The zero-order valence-corrected chi connectivity index (χ0v) is 13.6.